The van der Waals surface area contributed by atoms with Crippen LogP contribution < -0.4 is 0 Å². The van der Waals surface area contributed by atoms with Gasteiger partial charge in [0.1, 0.15) is 12.4 Å². The maximum absolute atomic E-state index is 12.2. The SMILES string of the molecule is O=C(O)c1cc(-c2ccsc2)nn1CCF. The van der Waals surface area contributed by atoms with E-state index in [1.807, 2.05) is 16.8 Å². The smallest absolute Gasteiger partial charge is 0.354 e. The summed E-state index contributed by atoms with van der Waals surface area (Å²) in [4.78, 5) is 10.9. The number of carboxylic acids is 1. The molecule has 0 saturated heterocycles. The topological polar surface area (TPSA) is 55.1 Å². The molecule has 1 N–H and O–H groups in total. The van der Waals surface area contributed by atoms with Gasteiger partial charge < -0.3 is 5.11 Å². The Morgan fingerprint density at radius 1 is 1.62 bits per heavy atom. The molecule has 16 heavy (non-hydrogen) atoms. The van der Waals surface area contributed by atoms with Crippen molar-refractivity contribution in [2.75, 3.05) is 6.67 Å². The van der Waals surface area contributed by atoms with Crippen LogP contribution in [-0.4, -0.2) is 27.5 Å². The molecule has 0 radical (unpaired) electrons. The standard InChI is InChI=1S/C10H9FN2O2S/c11-2-3-13-9(10(14)15)5-8(12-13)7-1-4-16-6-7/h1,4-6H,2-3H2,(H,14,15). The Balaban J connectivity index is 2.42. The van der Waals surface area contributed by atoms with Crippen molar-refractivity contribution in [2.45, 2.75) is 6.54 Å². The van der Waals surface area contributed by atoms with E-state index in [-0.39, 0.29) is 12.2 Å². The molecule has 0 saturated carbocycles. The summed E-state index contributed by atoms with van der Waals surface area (Å²) < 4.78 is 13.4. The van der Waals surface area contributed by atoms with Crippen molar-refractivity contribution in [3.05, 3.63) is 28.6 Å². The maximum Gasteiger partial charge on any atom is 0.354 e. The van der Waals surface area contributed by atoms with Crippen molar-refractivity contribution in [1.29, 1.82) is 0 Å². The number of halogens is 1. The van der Waals surface area contributed by atoms with Crippen molar-refractivity contribution in [2.24, 2.45) is 0 Å². The fourth-order valence-electron chi connectivity index (χ4n) is 1.39. The minimum Gasteiger partial charge on any atom is -0.477 e. The number of nitrogens with zero attached hydrogens (tertiary/aromatic N) is 2. The maximum atomic E-state index is 12.2. The lowest BCUT2D eigenvalue weighted by Crippen LogP contribution is -2.10. The molecule has 6 heteroatoms. The minimum atomic E-state index is -1.09. The van der Waals surface area contributed by atoms with Crippen LogP contribution >= 0.6 is 11.3 Å². The predicted octanol–water partition coefficient (Wildman–Crippen LogP) is 2.28. The zero-order valence-corrected chi connectivity index (χ0v) is 9.08. The second kappa shape index (κ2) is 4.44. The summed E-state index contributed by atoms with van der Waals surface area (Å²) >= 11 is 1.50. The van der Waals surface area contributed by atoms with Gasteiger partial charge in [-0.25, -0.2) is 9.18 Å². The Kier molecular flexibility index (Phi) is 3.00. The monoisotopic (exact) mass is 240 g/mol. The fourth-order valence-corrected chi connectivity index (χ4v) is 2.04. The zero-order chi connectivity index (χ0) is 11.5. The molecule has 0 atom stereocenters. The highest BCUT2D eigenvalue weighted by Gasteiger charge is 2.15. The summed E-state index contributed by atoms with van der Waals surface area (Å²) in [7, 11) is 0. The van der Waals surface area contributed by atoms with Crippen molar-refractivity contribution in [3.63, 3.8) is 0 Å². The van der Waals surface area contributed by atoms with Crippen molar-refractivity contribution >= 4 is 17.3 Å². The number of aromatic carboxylic acids is 1. The summed E-state index contributed by atoms with van der Waals surface area (Å²) in [5, 5.41) is 16.7. The summed E-state index contributed by atoms with van der Waals surface area (Å²) in [6.45, 7) is -0.670. The van der Waals surface area contributed by atoms with Gasteiger partial charge in [0.2, 0.25) is 0 Å². The van der Waals surface area contributed by atoms with E-state index in [1.165, 1.54) is 22.1 Å². The average molecular weight is 240 g/mol. The number of carbonyl (C=O) groups is 1. The summed E-state index contributed by atoms with van der Waals surface area (Å²) in [6, 6.07) is 3.30. The quantitative estimate of drug-likeness (QED) is 0.892. The van der Waals surface area contributed by atoms with Crippen LogP contribution in [0.25, 0.3) is 11.3 Å². The highest BCUT2D eigenvalue weighted by atomic mass is 32.1. The lowest BCUT2D eigenvalue weighted by molar-refractivity contribution is 0.0682. The van der Waals surface area contributed by atoms with Crippen LogP contribution in [-0.2, 0) is 6.54 Å². The van der Waals surface area contributed by atoms with E-state index in [1.54, 1.807) is 0 Å². The first-order valence-corrected chi connectivity index (χ1v) is 5.56. The van der Waals surface area contributed by atoms with E-state index in [2.05, 4.69) is 5.10 Å². The Hall–Kier alpha value is -1.69. The first-order chi connectivity index (χ1) is 7.72. The van der Waals surface area contributed by atoms with Crippen molar-refractivity contribution in [3.8, 4) is 11.3 Å². The zero-order valence-electron chi connectivity index (χ0n) is 8.26. The number of hydrogen-bond donors (Lipinski definition) is 1. The third kappa shape index (κ3) is 1.96. The highest BCUT2D eigenvalue weighted by molar-refractivity contribution is 7.08. The Morgan fingerprint density at radius 3 is 3.00 bits per heavy atom. The van der Waals surface area contributed by atoms with Crippen LogP contribution in [0, 0.1) is 0 Å². The number of alkyl halides is 1. The van der Waals surface area contributed by atoms with Crippen molar-refractivity contribution < 1.29 is 14.3 Å². The number of aromatic nitrogens is 2. The van der Waals surface area contributed by atoms with Gasteiger partial charge in [-0.1, -0.05) is 0 Å². The lowest BCUT2D eigenvalue weighted by Gasteiger charge is -1.98. The van der Waals surface area contributed by atoms with E-state index < -0.39 is 12.6 Å². The molecule has 84 valence electrons. The molecule has 0 aliphatic carbocycles. The third-order valence-corrected chi connectivity index (χ3v) is 2.80. The van der Waals surface area contributed by atoms with Crippen LogP contribution in [0.3, 0.4) is 0 Å². The second-order valence-corrected chi connectivity index (χ2v) is 3.92. The Morgan fingerprint density at radius 2 is 2.44 bits per heavy atom. The Bertz CT molecular complexity index is 493. The minimum absolute atomic E-state index is 0.0128. The molecule has 0 fully saturated rings. The molecule has 2 rings (SSSR count). The molecule has 2 heterocycles. The van der Waals surface area contributed by atoms with E-state index in [9.17, 15) is 9.18 Å². The van der Waals surface area contributed by atoms with Gasteiger partial charge in [0, 0.05) is 10.9 Å². The van der Waals surface area contributed by atoms with Crippen LogP contribution in [0.2, 0.25) is 0 Å². The molecule has 2 aromatic rings. The van der Waals surface area contributed by atoms with Gasteiger partial charge in [0.25, 0.3) is 0 Å². The predicted molar refractivity (Wildman–Crippen MR) is 58.5 cm³/mol. The third-order valence-electron chi connectivity index (χ3n) is 2.11. The number of aryl methyl sites for hydroxylation is 1. The summed E-state index contributed by atoms with van der Waals surface area (Å²) in [5.41, 5.74) is 1.43. The molecule has 0 aromatic carbocycles. The number of rotatable bonds is 4. The molecule has 0 amide bonds. The van der Waals surface area contributed by atoms with Gasteiger partial charge in [0.05, 0.1) is 12.2 Å². The van der Waals surface area contributed by atoms with Crippen LogP contribution in [0.5, 0.6) is 0 Å². The van der Waals surface area contributed by atoms with Gasteiger partial charge in [0.15, 0.2) is 0 Å². The van der Waals surface area contributed by atoms with Gasteiger partial charge in [-0.3, -0.25) is 4.68 Å². The second-order valence-electron chi connectivity index (χ2n) is 3.14. The first-order valence-electron chi connectivity index (χ1n) is 4.62. The van der Waals surface area contributed by atoms with Gasteiger partial charge in [-0.15, -0.1) is 0 Å². The van der Waals surface area contributed by atoms with Crippen LogP contribution in [0.4, 0.5) is 4.39 Å². The molecule has 0 unspecified atom stereocenters. The van der Waals surface area contributed by atoms with E-state index in [0.717, 1.165) is 5.56 Å². The van der Waals surface area contributed by atoms with Crippen LogP contribution in [0.15, 0.2) is 22.9 Å². The summed E-state index contributed by atoms with van der Waals surface area (Å²) in [5.74, 6) is -1.09. The first kappa shape index (κ1) is 10.8. The molecule has 0 aliphatic rings. The average Bonchev–Trinajstić information content (AvgIpc) is 2.83. The lowest BCUT2D eigenvalue weighted by atomic mass is 10.2. The molecule has 4 nitrogen and oxygen atoms in total. The van der Waals surface area contributed by atoms with E-state index in [0.29, 0.717) is 5.69 Å². The molecule has 2 aromatic heterocycles. The molecule has 0 spiro atoms. The highest BCUT2D eigenvalue weighted by Crippen LogP contribution is 2.21. The molecule has 0 bridgehead atoms. The normalized spacial score (nSPS) is 10.6. The van der Waals surface area contributed by atoms with E-state index in [4.69, 9.17) is 5.11 Å². The van der Waals surface area contributed by atoms with Crippen LogP contribution in [0.1, 0.15) is 10.5 Å². The molecule has 0 aliphatic heterocycles. The number of carboxylic acid groups (broad SMARTS) is 1. The number of hydrogen-bond acceptors (Lipinski definition) is 3. The summed E-state index contributed by atoms with van der Waals surface area (Å²) in [6.07, 6.45) is 0. The molecular weight excluding hydrogens is 231 g/mol. The van der Waals surface area contributed by atoms with Gasteiger partial charge in [-0.2, -0.15) is 16.4 Å². The van der Waals surface area contributed by atoms with Crippen molar-refractivity contribution in [1.82, 2.24) is 9.78 Å². The Labute approximate surface area is 95.0 Å². The van der Waals surface area contributed by atoms with E-state index >= 15 is 0 Å². The van der Waals surface area contributed by atoms with Gasteiger partial charge >= 0.3 is 5.97 Å². The fraction of sp³-hybridized carbons (Fsp3) is 0.200. The van der Waals surface area contributed by atoms with Gasteiger partial charge in [-0.05, 0) is 17.5 Å². The molecular formula is C10H9FN2O2S. The number of thiophene rings is 1. The largest absolute Gasteiger partial charge is 0.477 e.